The van der Waals surface area contributed by atoms with E-state index in [4.69, 9.17) is 18.9 Å². The van der Waals surface area contributed by atoms with Crippen molar-refractivity contribution >= 4 is 11.3 Å². The van der Waals surface area contributed by atoms with Crippen molar-refractivity contribution in [2.75, 3.05) is 26.3 Å². The second kappa shape index (κ2) is 8.08. The zero-order valence-electron chi connectivity index (χ0n) is 20.1. The van der Waals surface area contributed by atoms with Crippen molar-refractivity contribution in [1.82, 2.24) is 0 Å². The van der Waals surface area contributed by atoms with Gasteiger partial charge >= 0.3 is 0 Å². The first-order chi connectivity index (χ1) is 16.3. The quantitative estimate of drug-likeness (QED) is 0.489. The largest absolute Gasteiger partial charge is 0.496 e. The topological polar surface area (TPSA) is 69.2 Å². The first-order valence-electron chi connectivity index (χ1n) is 11.2. The monoisotopic (exact) mass is 459 g/mol. The van der Waals surface area contributed by atoms with Crippen LogP contribution in [0.2, 0.25) is 0 Å². The molecule has 0 fully saturated rings. The van der Waals surface area contributed by atoms with E-state index in [1.54, 1.807) is 20.3 Å². The molecule has 2 aliphatic heterocycles. The van der Waals surface area contributed by atoms with Crippen molar-refractivity contribution in [3.63, 3.8) is 0 Å². The molecule has 3 aromatic carbocycles. The van der Waals surface area contributed by atoms with E-state index < -0.39 is 5.79 Å². The third-order valence-electron chi connectivity index (χ3n) is 6.28. The molecule has 3 aromatic rings. The Morgan fingerprint density at radius 2 is 1.79 bits per heavy atom. The van der Waals surface area contributed by atoms with Crippen molar-refractivity contribution < 1.29 is 24.1 Å². The maximum atomic E-state index is 12.4. The molecule has 0 amide bonds. The molecule has 34 heavy (non-hydrogen) atoms. The Morgan fingerprint density at radius 3 is 2.56 bits per heavy atom. The number of rotatable bonds is 5. The molecule has 0 spiro atoms. The second-order valence-corrected chi connectivity index (χ2v) is 9.24. The molecule has 6 nitrogen and oxygen atoms in total. The maximum Gasteiger partial charge on any atom is 0.263 e. The second-order valence-electron chi connectivity index (χ2n) is 9.24. The van der Waals surface area contributed by atoms with Gasteiger partial charge in [-0.05, 0) is 56.7 Å². The molecule has 1 atom stereocenters. The smallest absolute Gasteiger partial charge is 0.263 e. The van der Waals surface area contributed by atoms with E-state index >= 15 is 0 Å². The molecule has 2 heterocycles. The molecule has 0 aromatic heterocycles. The predicted molar refractivity (Wildman–Crippen MR) is 132 cm³/mol. The van der Waals surface area contributed by atoms with Crippen LogP contribution in [0.15, 0.2) is 60.7 Å². The zero-order valence-corrected chi connectivity index (χ0v) is 20.1. The predicted octanol–water partition coefficient (Wildman–Crippen LogP) is 5.54. The van der Waals surface area contributed by atoms with Crippen LogP contribution >= 0.6 is 0 Å². The lowest BCUT2D eigenvalue weighted by molar-refractivity contribution is -0.110. The highest BCUT2D eigenvalue weighted by atomic mass is 16.7. The fourth-order valence-electron chi connectivity index (χ4n) is 5.04. The summed E-state index contributed by atoms with van der Waals surface area (Å²) in [6.45, 7) is 6.42. The lowest BCUT2D eigenvalue weighted by Crippen LogP contribution is -2.40. The summed E-state index contributed by atoms with van der Waals surface area (Å²) in [6, 6.07) is 17.0. The molecule has 0 radical (unpaired) electrons. The van der Waals surface area contributed by atoms with Gasteiger partial charge in [0.25, 0.3) is 5.79 Å². The van der Waals surface area contributed by atoms with Crippen LogP contribution in [0.4, 0.5) is 5.69 Å². The fourth-order valence-corrected chi connectivity index (χ4v) is 5.04. The van der Waals surface area contributed by atoms with E-state index in [0.717, 1.165) is 28.0 Å². The Morgan fingerprint density at radius 1 is 1.00 bits per heavy atom. The molecule has 0 bridgehead atoms. The first kappa shape index (κ1) is 22.3. The Kier molecular flexibility index (Phi) is 5.30. The van der Waals surface area contributed by atoms with E-state index in [9.17, 15) is 5.11 Å². The molecule has 0 aliphatic carbocycles. The van der Waals surface area contributed by atoms with Crippen LogP contribution in [0.3, 0.4) is 0 Å². The van der Waals surface area contributed by atoms with Crippen LogP contribution in [-0.2, 0) is 10.5 Å². The summed E-state index contributed by atoms with van der Waals surface area (Å²) in [5.74, 6) is 0.0441. The lowest BCUT2D eigenvalue weighted by atomic mass is 9.78. The summed E-state index contributed by atoms with van der Waals surface area (Å²) in [5.41, 5.74) is 5.60. The summed E-state index contributed by atoms with van der Waals surface area (Å²) in [7, 11) is 3.21. The molecule has 1 unspecified atom stereocenters. The normalized spacial score (nSPS) is 19.5. The number of benzene rings is 3. The van der Waals surface area contributed by atoms with Crippen LogP contribution in [0.5, 0.6) is 17.2 Å². The van der Waals surface area contributed by atoms with Crippen LogP contribution in [0.25, 0.3) is 16.7 Å². The van der Waals surface area contributed by atoms with E-state index in [0.29, 0.717) is 28.4 Å². The Labute approximate surface area is 199 Å². The fraction of sp³-hybridized carbons (Fsp3) is 0.286. The van der Waals surface area contributed by atoms with Gasteiger partial charge in [0.05, 0.1) is 18.2 Å². The Hall–Kier alpha value is -3.48. The highest BCUT2D eigenvalue weighted by molar-refractivity contribution is 5.92. The van der Waals surface area contributed by atoms with E-state index in [1.807, 2.05) is 42.5 Å². The molecule has 2 aliphatic rings. The highest BCUT2D eigenvalue weighted by Gasteiger charge is 2.45. The van der Waals surface area contributed by atoms with E-state index in [-0.39, 0.29) is 12.3 Å². The number of methoxy groups -OCH3 is 2. The molecular weight excluding hydrogens is 430 g/mol. The standard InChI is InChI=1S/C28H29NO5/c1-17-15-27(2,3)29-21-13-12-20-25-22(32-5)10-7-11-23(25)34-28(30,26(20)24(17)21)18-8-6-9-19(14-18)33-16-31-4/h6-15,29-30H,16H2,1-5H3. The summed E-state index contributed by atoms with van der Waals surface area (Å²) in [6.07, 6.45) is 2.17. The number of nitrogens with one attached hydrogen (secondary N) is 1. The average molecular weight is 460 g/mol. The number of aliphatic hydroxyl groups is 1. The van der Waals surface area contributed by atoms with Gasteiger partial charge in [-0.2, -0.15) is 0 Å². The molecule has 0 saturated heterocycles. The number of fused-ring (bicyclic) bond motifs is 5. The zero-order chi connectivity index (χ0) is 24.1. The van der Waals surface area contributed by atoms with E-state index in [1.165, 1.54) is 0 Å². The first-order valence-corrected chi connectivity index (χ1v) is 11.2. The summed E-state index contributed by atoms with van der Waals surface area (Å²) >= 11 is 0. The third-order valence-corrected chi connectivity index (χ3v) is 6.28. The van der Waals surface area contributed by atoms with Crippen molar-refractivity contribution in [2.45, 2.75) is 32.1 Å². The average Bonchev–Trinajstić information content (AvgIpc) is 2.81. The van der Waals surface area contributed by atoms with Crippen LogP contribution in [0, 0.1) is 0 Å². The van der Waals surface area contributed by atoms with Crippen molar-refractivity contribution in [3.05, 3.63) is 77.4 Å². The van der Waals surface area contributed by atoms with Crippen molar-refractivity contribution in [3.8, 4) is 28.4 Å². The number of ether oxygens (including phenoxy) is 4. The van der Waals surface area contributed by atoms with Crippen LogP contribution in [0.1, 0.15) is 37.5 Å². The third kappa shape index (κ3) is 3.50. The van der Waals surface area contributed by atoms with Gasteiger partial charge in [0.2, 0.25) is 0 Å². The Balaban J connectivity index is 1.81. The lowest BCUT2D eigenvalue weighted by Gasteiger charge is -2.41. The minimum atomic E-state index is -1.76. The SMILES string of the molecule is COCOc1cccc(C2(O)Oc3cccc(OC)c3-c3ccc4c(c32)C(C)=CC(C)(C)N4)c1. The molecule has 2 N–H and O–H groups in total. The minimum Gasteiger partial charge on any atom is -0.496 e. The molecule has 5 rings (SSSR count). The minimum absolute atomic E-state index is 0.107. The van der Waals surface area contributed by atoms with Gasteiger partial charge < -0.3 is 29.4 Å². The van der Waals surface area contributed by atoms with Crippen molar-refractivity contribution in [2.24, 2.45) is 0 Å². The highest BCUT2D eigenvalue weighted by Crippen LogP contribution is 2.54. The van der Waals surface area contributed by atoms with Crippen molar-refractivity contribution in [1.29, 1.82) is 0 Å². The van der Waals surface area contributed by atoms with E-state index in [2.05, 4.69) is 38.2 Å². The van der Waals surface area contributed by atoms with Gasteiger partial charge in [-0.3, -0.25) is 0 Å². The number of hydrogen-bond acceptors (Lipinski definition) is 6. The number of allylic oxidation sites excluding steroid dienone is 1. The maximum absolute atomic E-state index is 12.4. The molecule has 0 saturated carbocycles. The van der Waals surface area contributed by atoms with Gasteiger partial charge in [-0.1, -0.05) is 30.3 Å². The summed E-state index contributed by atoms with van der Waals surface area (Å²) < 4.78 is 22.8. The van der Waals surface area contributed by atoms with Gasteiger partial charge in [-0.15, -0.1) is 0 Å². The molecule has 176 valence electrons. The van der Waals surface area contributed by atoms with Gasteiger partial charge in [-0.25, -0.2) is 0 Å². The molecular formula is C28H29NO5. The van der Waals surface area contributed by atoms with Gasteiger partial charge in [0.1, 0.15) is 17.2 Å². The number of hydrogen-bond donors (Lipinski definition) is 2. The van der Waals surface area contributed by atoms with Gasteiger partial charge in [0, 0.05) is 35.1 Å². The molecule has 6 heteroatoms. The van der Waals surface area contributed by atoms with Crippen LogP contribution < -0.4 is 19.5 Å². The number of anilines is 1. The summed E-state index contributed by atoms with van der Waals surface area (Å²) in [4.78, 5) is 0. The summed E-state index contributed by atoms with van der Waals surface area (Å²) in [5, 5.41) is 15.9. The Bertz CT molecular complexity index is 1300. The van der Waals surface area contributed by atoms with Crippen LogP contribution in [-0.4, -0.2) is 31.7 Å². The van der Waals surface area contributed by atoms with Gasteiger partial charge in [0.15, 0.2) is 6.79 Å².